The fourth-order valence-electron chi connectivity index (χ4n) is 2.80. The first-order valence-corrected chi connectivity index (χ1v) is 9.25. The van der Waals surface area contributed by atoms with Crippen LogP contribution in [0.3, 0.4) is 0 Å². The molecule has 0 aromatic heterocycles. The van der Waals surface area contributed by atoms with E-state index in [-0.39, 0.29) is 21.7 Å². The lowest BCUT2D eigenvalue weighted by atomic mass is 9.97. The van der Waals surface area contributed by atoms with Gasteiger partial charge in [0, 0.05) is 11.9 Å². The number of amides is 2. The van der Waals surface area contributed by atoms with Crippen molar-refractivity contribution in [3.63, 3.8) is 0 Å². The highest BCUT2D eigenvalue weighted by molar-refractivity contribution is 7.90. The third-order valence-electron chi connectivity index (χ3n) is 3.85. The standard InChI is InChI=1S/C15H19ClN2O4S/c1-10(19)17-14(11-5-2-3-6-11)15(20)18-23(21,22)13-8-4-7-12(16)9-13/h4,7-9,11,14H,2-3,5-6H2,1H3,(H,17,19)(H,18,20). The number of benzene rings is 1. The van der Waals surface area contributed by atoms with Gasteiger partial charge in [0.2, 0.25) is 5.91 Å². The van der Waals surface area contributed by atoms with Crippen LogP contribution in [0.4, 0.5) is 0 Å². The summed E-state index contributed by atoms with van der Waals surface area (Å²) in [6.45, 7) is 1.31. The lowest BCUT2D eigenvalue weighted by Gasteiger charge is -2.23. The van der Waals surface area contributed by atoms with E-state index in [0.717, 1.165) is 25.7 Å². The Morgan fingerprint density at radius 2 is 1.91 bits per heavy atom. The minimum absolute atomic E-state index is 0.0477. The van der Waals surface area contributed by atoms with E-state index in [1.165, 1.54) is 25.1 Å². The Bertz CT molecular complexity index is 699. The molecule has 0 radical (unpaired) electrons. The minimum atomic E-state index is -4.03. The summed E-state index contributed by atoms with van der Waals surface area (Å²) in [6, 6.07) is 4.80. The Kier molecular flexibility index (Phi) is 5.64. The average Bonchev–Trinajstić information content (AvgIpc) is 2.98. The zero-order valence-corrected chi connectivity index (χ0v) is 14.3. The van der Waals surface area contributed by atoms with Gasteiger partial charge in [0.15, 0.2) is 0 Å². The van der Waals surface area contributed by atoms with Crippen LogP contribution < -0.4 is 10.0 Å². The second kappa shape index (κ2) is 7.31. The van der Waals surface area contributed by atoms with Gasteiger partial charge in [0.05, 0.1) is 4.90 Å². The number of nitrogens with one attached hydrogen (secondary N) is 2. The SMILES string of the molecule is CC(=O)NC(C(=O)NS(=O)(=O)c1cccc(Cl)c1)C1CCCC1. The number of sulfonamides is 1. The van der Waals surface area contributed by atoms with Gasteiger partial charge < -0.3 is 5.32 Å². The second-order valence-electron chi connectivity index (χ2n) is 5.65. The molecule has 1 aliphatic carbocycles. The van der Waals surface area contributed by atoms with Gasteiger partial charge in [0.1, 0.15) is 6.04 Å². The van der Waals surface area contributed by atoms with E-state index in [9.17, 15) is 18.0 Å². The molecular formula is C15H19ClN2O4S. The van der Waals surface area contributed by atoms with Crippen LogP contribution in [0.5, 0.6) is 0 Å². The Labute approximate surface area is 140 Å². The molecule has 0 bridgehead atoms. The average molecular weight is 359 g/mol. The molecule has 1 atom stereocenters. The van der Waals surface area contributed by atoms with Crippen LogP contribution in [0.2, 0.25) is 5.02 Å². The first-order valence-electron chi connectivity index (χ1n) is 7.39. The Balaban J connectivity index is 2.18. The smallest absolute Gasteiger partial charge is 0.264 e. The number of hydrogen-bond donors (Lipinski definition) is 2. The van der Waals surface area contributed by atoms with Gasteiger partial charge in [-0.1, -0.05) is 30.5 Å². The molecule has 1 unspecified atom stereocenters. The molecule has 0 saturated heterocycles. The van der Waals surface area contributed by atoms with Crippen LogP contribution in [0, 0.1) is 5.92 Å². The monoisotopic (exact) mass is 358 g/mol. The maximum Gasteiger partial charge on any atom is 0.264 e. The molecule has 1 saturated carbocycles. The highest BCUT2D eigenvalue weighted by Crippen LogP contribution is 2.28. The van der Waals surface area contributed by atoms with Gasteiger partial charge in [0.25, 0.3) is 15.9 Å². The molecule has 0 aliphatic heterocycles. The van der Waals surface area contributed by atoms with E-state index in [2.05, 4.69) is 5.32 Å². The number of carbonyl (C=O) groups is 2. The molecule has 23 heavy (non-hydrogen) atoms. The highest BCUT2D eigenvalue weighted by atomic mass is 35.5. The van der Waals surface area contributed by atoms with E-state index in [0.29, 0.717) is 0 Å². The first kappa shape index (κ1) is 17.7. The summed E-state index contributed by atoms with van der Waals surface area (Å²) in [6.07, 6.45) is 3.51. The van der Waals surface area contributed by atoms with Crippen molar-refractivity contribution in [1.82, 2.24) is 10.0 Å². The van der Waals surface area contributed by atoms with E-state index in [1.54, 1.807) is 6.07 Å². The molecule has 126 valence electrons. The summed E-state index contributed by atoms with van der Waals surface area (Å²) in [5.74, 6) is -1.13. The van der Waals surface area contributed by atoms with Crippen molar-refractivity contribution < 1.29 is 18.0 Å². The molecule has 2 N–H and O–H groups in total. The van der Waals surface area contributed by atoms with Crippen molar-refractivity contribution in [2.75, 3.05) is 0 Å². The Morgan fingerprint density at radius 3 is 2.48 bits per heavy atom. The maximum absolute atomic E-state index is 12.4. The molecule has 0 heterocycles. The number of carbonyl (C=O) groups excluding carboxylic acids is 2. The first-order chi connectivity index (χ1) is 10.8. The van der Waals surface area contributed by atoms with E-state index < -0.39 is 22.0 Å². The maximum atomic E-state index is 12.4. The zero-order valence-electron chi connectivity index (χ0n) is 12.7. The fraction of sp³-hybridized carbons (Fsp3) is 0.467. The molecule has 2 amide bonds. The molecule has 2 rings (SSSR count). The lowest BCUT2D eigenvalue weighted by molar-refractivity contribution is -0.128. The summed E-state index contributed by atoms with van der Waals surface area (Å²) in [5.41, 5.74) is 0. The largest absolute Gasteiger partial charge is 0.344 e. The molecule has 0 spiro atoms. The molecule has 1 fully saturated rings. The van der Waals surface area contributed by atoms with Gasteiger partial charge in [-0.2, -0.15) is 0 Å². The normalized spacial score (nSPS) is 16.8. The number of hydrogen-bond acceptors (Lipinski definition) is 4. The van der Waals surface area contributed by atoms with Crippen LogP contribution in [-0.2, 0) is 19.6 Å². The molecular weight excluding hydrogens is 340 g/mol. The Hall–Kier alpha value is -1.60. The van der Waals surface area contributed by atoms with Gasteiger partial charge in [-0.3, -0.25) is 9.59 Å². The number of halogens is 1. The van der Waals surface area contributed by atoms with Crippen LogP contribution in [-0.4, -0.2) is 26.3 Å². The predicted molar refractivity (Wildman–Crippen MR) is 86.3 cm³/mol. The fourth-order valence-corrected chi connectivity index (χ4v) is 4.10. The summed E-state index contributed by atoms with van der Waals surface area (Å²) in [5, 5.41) is 2.82. The van der Waals surface area contributed by atoms with Crippen molar-refractivity contribution in [2.45, 2.75) is 43.5 Å². The summed E-state index contributed by atoms with van der Waals surface area (Å²) < 4.78 is 26.6. The van der Waals surface area contributed by atoms with Gasteiger partial charge in [-0.25, -0.2) is 13.1 Å². The van der Waals surface area contributed by atoms with Crippen molar-refractivity contribution in [1.29, 1.82) is 0 Å². The van der Waals surface area contributed by atoms with Crippen molar-refractivity contribution in [3.8, 4) is 0 Å². The summed E-state index contributed by atoms with van der Waals surface area (Å²) in [4.78, 5) is 23.6. The minimum Gasteiger partial charge on any atom is -0.344 e. The summed E-state index contributed by atoms with van der Waals surface area (Å²) >= 11 is 5.79. The molecule has 1 aromatic rings. The van der Waals surface area contributed by atoms with Crippen molar-refractivity contribution >= 4 is 33.4 Å². The quantitative estimate of drug-likeness (QED) is 0.840. The third kappa shape index (κ3) is 4.68. The van der Waals surface area contributed by atoms with Crippen LogP contribution in [0.1, 0.15) is 32.6 Å². The summed E-state index contributed by atoms with van der Waals surface area (Å²) in [7, 11) is -4.03. The Morgan fingerprint density at radius 1 is 1.26 bits per heavy atom. The van der Waals surface area contributed by atoms with Gasteiger partial charge in [-0.15, -0.1) is 0 Å². The molecule has 1 aliphatic rings. The predicted octanol–water partition coefficient (Wildman–Crippen LogP) is 1.84. The van der Waals surface area contributed by atoms with Crippen LogP contribution in [0.25, 0.3) is 0 Å². The van der Waals surface area contributed by atoms with Crippen LogP contribution >= 0.6 is 11.6 Å². The lowest BCUT2D eigenvalue weighted by Crippen LogP contribution is -2.51. The van der Waals surface area contributed by atoms with Gasteiger partial charge >= 0.3 is 0 Å². The second-order valence-corrected chi connectivity index (χ2v) is 7.77. The molecule has 8 heteroatoms. The molecule has 6 nitrogen and oxygen atoms in total. The van der Waals surface area contributed by atoms with Gasteiger partial charge in [-0.05, 0) is 37.0 Å². The van der Waals surface area contributed by atoms with Crippen molar-refractivity contribution in [2.24, 2.45) is 5.92 Å². The van der Waals surface area contributed by atoms with E-state index >= 15 is 0 Å². The van der Waals surface area contributed by atoms with Crippen LogP contribution in [0.15, 0.2) is 29.2 Å². The number of rotatable bonds is 5. The molecule has 1 aromatic carbocycles. The topological polar surface area (TPSA) is 92.3 Å². The van der Waals surface area contributed by atoms with E-state index in [1.807, 2.05) is 4.72 Å². The highest BCUT2D eigenvalue weighted by Gasteiger charge is 2.33. The zero-order chi connectivity index (χ0) is 17.0. The van der Waals surface area contributed by atoms with Crippen molar-refractivity contribution in [3.05, 3.63) is 29.3 Å². The van der Waals surface area contributed by atoms with E-state index in [4.69, 9.17) is 11.6 Å². The third-order valence-corrected chi connectivity index (χ3v) is 5.43.